The Kier molecular flexibility index (Phi) is 7.68. The molecular formula is C26H34N2O4. The van der Waals surface area contributed by atoms with Gasteiger partial charge in [0, 0.05) is 56.5 Å². The first-order valence-corrected chi connectivity index (χ1v) is 11.5. The van der Waals surface area contributed by atoms with Crippen LogP contribution in [0, 0.1) is 0 Å². The van der Waals surface area contributed by atoms with Gasteiger partial charge in [0.2, 0.25) is 0 Å². The lowest BCUT2D eigenvalue weighted by Crippen LogP contribution is -2.53. The van der Waals surface area contributed by atoms with Crippen LogP contribution in [0.25, 0.3) is 6.08 Å². The summed E-state index contributed by atoms with van der Waals surface area (Å²) < 4.78 is 17.2. The maximum Gasteiger partial charge on any atom is 0.127 e. The van der Waals surface area contributed by atoms with Gasteiger partial charge in [-0.15, -0.1) is 0 Å². The Balaban J connectivity index is 1.41. The van der Waals surface area contributed by atoms with Crippen LogP contribution >= 0.6 is 0 Å². The smallest absolute Gasteiger partial charge is 0.127 e. The zero-order chi connectivity index (χ0) is 22.3. The van der Waals surface area contributed by atoms with Gasteiger partial charge in [-0.25, -0.2) is 0 Å². The topological polar surface area (TPSA) is 54.4 Å². The van der Waals surface area contributed by atoms with Crippen molar-refractivity contribution in [1.29, 1.82) is 0 Å². The van der Waals surface area contributed by atoms with E-state index in [2.05, 4.69) is 28.0 Å². The number of methoxy groups -OCH3 is 1. The van der Waals surface area contributed by atoms with Gasteiger partial charge < -0.3 is 19.3 Å². The fourth-order valence-corrected chi connectivity index (χ4v) is 4.59. The first kappa shape index (κ1) is 22.6. The summed E-state index contributed by atoms with van der Waals surface area (Å²) in [5.74, 6) is 2.71. The van der Waals surface area contributed by atoms with Crippen LogP contribution in [-0.2, 0) is 6.54 Å². The SMILES string of the molecule is CCOc1ccccc1CN1CCN(CC2=Cc3cc(OC)ccc3OC2)C[C@H]1CCO. The van der Waals surface area contributed by atoms with Crippen LogP contribution in [-0.4, -0.2) is 74.1 Å². The Morgan fingerprint density at radius 1 is 1.12 bits per heavy atom. The predicted molar refractivity (Wildman–Crippen MR) is 126 cm³/mol. The normalized spacial score (nSPS) is 19.1. The largest absolute Gasteiger partial charge is 0.497 e. The molecule has 1 fully saturated rings. The Labute approximate surface area is 191 Å². The molecule has 0 aromatic heterocycles. The lowest BCUT2D eigenvalue weighted by molar-refractivity contribution is 0.0568. The highest BCUT2D eigenvalue weighted by Crippen LogP contribution is 2.30. The minimum absolute atomic E-state index is 0.196. The molecule has 6 nitrogen and oxygen atoms in total. The molecule has 172 valence electrons. The number of piperazine rings is 1. The van der Waals surface area contributed by atoms with Crippen molar-refractivity contribution in [2.24, 2.45) is 0 Å². The summed E-state index contributed by atoms with van der Waals surface area (Å²) >= 11 is 0. The first-order chi connectivity index (χ1) is 15.7. The van der Waals surface area contributed by atoms with E-state index in [-0.39, 0.29) is 6.61 Å². The summed E-state index contributed by atoms with van der Waals surface area (Å²) in [4.78, 5) is 4.96. The summed E-state index contributed by atoms with van der Waals surface area (Å²) in [6.07, 6.45) is 3.00. The first-order valence-electron chi connectivity index (χ1n) is 11.5. The highest BCUT2D eigenvalue weighted by Gasteiger charge is 2.28. The van der Waals surface area contributed by atoms with Crippen LogP contribution in [0.15, 0.2) is 48.0 Å². The lowest BCUT2D eigenvalue weighted by atomic mass is 10.0. The fraction of sp³-hybridized carbons (Fsp3) is 0.462. The van der Waals surface area contributed by atoms with E-state index in [4.69, 9.17) is 14.2 Å². The Hall–Kier alpha value is -2.54. The molecule has 0 amide bonds. The standard InChI is InChI=1S/C26H34N2O4/c1-3-31-25-7-5-4-6-21(25)17-28-12-11-27(18-23(28)10-13-29)16-20-14-22-15-24(30-2)8-9-26(22)32-19-20/h4-9,14-15,23,29H,3,10-13,16-19H2,1-2H3/t23-/m1/s1. The van der Waals surface area contributed by atoms with Crippen molar-refractivity contribution in [1.82, 2.24) is 9.80 Å². The molecule has 2 aromatic rings. The third-order valence-electron chi connectivity index (χ3n) is 6.21. The molecule has 0 saturated carbocycles. The zero-order valence-electron chi connectivity index (χ0n) is 19.1. The molecule has 6 heteroatoms. The minimum atomic E-state index is 0.196. The highest BCUT2D eigenvalue weighted by molar-refractivity contribution is 5.64. The van der Waals surface area contributed by atoms with Crippen molar-refractivity contribution in [3.05, 3.63) is 59.2 Å². The summed E-state index contributed by atoms with van der Waals surface area (Å²) in [5.41, 5.74) is 3.55. The van der Waals surface area contributed by atoms with Gasteiger partial charge in [-0.05, 0) is 49.3 Å². The molecule has 1 atom stereocenters. The van der Waals surface area contributed by atoms with E-state index in [0.29, 0.717) is 19.3 Å². The van der Waals surface area contributed by atoms with Gasteiger partial charge in [-0.2, -0.15) is 0 Å². The Bertz CT molecular complexity index is 930. The Morgan fingerprint density at radius 2 is 2.00 bits per heavy atom. The molecule has 1 saturated heterocycles. The maximum absolute atomic E-state index is 9.69. The van der Waals surface area contributed by atoms with Crippen LogP contribution < -0.4 is 14.2 Å². The van der Waals surface area contributed by atoms with Crippen LogP contribution in [0.3, 0.4) is 0 Å². The number of nitrogens with zero attached hydrogens (tertiary/aromatic N) is 2. The van der Waals surface area contributed by atoms with Crippen molar-refractivity contribution >= 4 is 6.08 Å². The number of rotatable bonds is 9. The van der Waals surface area contributed by atoms with Gasteiger partial charge in [0.05, 0.1) is 13.7 Å². The average molecular weight is 439 g/mol. The molecule has 2 heterocycles. The second kappa shape index (κ2) is 10.9. The molecule has 32 heavy (non-hydrogen) atoms. The van der Waals surface area contributed by atoms with Crippen molar-refractivity contribution in [2.75, 3.05) is 53.1 Å². The molecule has 0 radical (unpaired) electrons. The zero-order valence-corrected chi connectivity index (χ0v) is 19.1. The van der Waals surface area contributed by atoms with Gasteiger partial charge in [-0.1, -0.05) is 18.2 Å². The van der Waals surface area contributed by atoms with E-state index in [1.165, 1.54) is 11.1 Å². The number of para-hydroxylation sites is 1. The third-order valence-corrected chi connectivity index (χ3v) is 6.21. The van der Waals surface area contributed by atoms with Gasteiger partial charge in [-0.3, -0.25) is 9.80 Å². The number of aliphatic hydroxyl groups excluding tert-OH is 1. The quantitative estimate of drug-likeness (QED) is 0.647. The molecule has 1 N–H and O–H groups in total. The van der Waals surface area contributed by atoms with Gasteiger partial charge in [0.25, 0.3) is 0 Å². The van der Waals surface area contributed by atoms with Crippen molar-refractivity contribution in [3.8, 4) is 17.2 Å². The van der Waals surface area contributed by atoms with Crippen LogP contribution in [0.4, 0.5) is 0 Å². The van der Waals surface area contributed by atoms with Gasteiger partial charge >= 0.3 is 0 Å². The summed E-state index contributed by atoms with van der Waals surface area (Å²) in [6, 6.07) is 14.5. The van der Waals surface area contributed by atoms with Crippen LogP contribution in [0.1, 0.15) is 24.5 Å². The molecule has 0 spiro atoms. The summed E-state index contributed by atoms with van der Waals surface area (Å²) in [7, 11) is 1.68. The lowest BCUT2D eigenvalue weighted by Gasteiger charge is -2.42. The van der Waals surface area contributed by atoms with E-state index in [1.807, 2.05) is 37.3 Å². The number of aliphatic hydroxyl groups is 1. The predicted octanol–water partition coefficient (Wildman–Crippen LogP) is 3.44. The van der Waals surface area contributed by atoms with Crippen molar-refractivity contribution in [2.45, 2.75) is 25.9 Å². The van der Waals surface area contributed by atoms with E-state index in [1.54, 1.807) is 7.11 Å². The molecular weight excluding hydrogens is 404 g/mol. The maximum atomic E-state index is 9.69. The number of ether oxygens (including phenoxy) is 3. The second-order valence-corrected chi connectivity index (χ2v) is 8.41. The third kappa shape index (κ3) is 5.44. The molecule has 4 rings (SSSR count). The minimum Gasteiger partial charge on any atom is -0.497 e. The van der Waals surface area contributed by atoms with E-state index < -0.39 is 0 Å². The van der Waals surface area contributed by atoms with E-state index in [9.17, 15) is 5.11 Å². The number of hydrogen-bond acceptors (Lipinski definition) is 6. The average Bonchev–Trinajstić information content (AvgIpc) is 2.82. The fourth-order valence-electron chi connectivity index (χ4n) is 4.59. The van der Waals surface area contributed by atoms with E-state index in [0.717, 1.165) is 62.0 Å². The Morgan fingerprint density at radius 3 is 2.81 bits per heavy atom. The molecule has 0 unspecified atom stereocenters. The summed E-state index contributed by atoms with van der Waals surface area (Å²) in [6.45, 7) is 8.09. The molecule has 0 bridgehead atoms. The van der Waals surface area contributed by atoms with E-state index >= 15 is 0 Å². The van der Waals surface area contributed by atoms with Crippen molar-refractivity contribution in [3.63, 3.8) is 0 Å². The van der Waals surface area contributed by atoms with Crippen LogP contribution in [0.2, 0.25) is 0 Å². The molecule has 2 aromatic carbocycles. The number of benzene rings is 2. The highest BCUT2D eigenvalue weighted by atomic mass is 16.5. The molecule has 2 aliphatic heterocycles. The number of fused-ring (bicyclic) bond motifs is 1. The second-order valence-electron chi connectivity index (χ2n) is 8.41. The summed E-state index contributed by atoms with van der Waals surface area (Å²) in [5, 5.41) is 9.69. The van der Waals surface area contributed by atoms with Gasteiger partial charge in [0.15, 0.2) is 0 Å². The van der Waals surface area contributed by atoms with Crippen molar-refractivity contribution < 1.29 is 19.3 Å². The van der Waals surface area contributed by atoms with Gasteiger partial charge in [0.1, 0.15) is 23.9 Å². The number of hydrogen-bond donors (Lipinski definition) is 1. The van der Waals surface area contributed by atoms with Crippen LogP contribution in [0.5, 0.6) is 17.2 Å². The monoisotopic (exact) mass is 438 g/mol. The molecule has 2 aliphatic rings. The molecule has 0 aliphatic carbocycles.